The fourth-order valence-corrected chi connectivity index (χ4v) is 2.34. The van der Waals surface area contributed by atoms with Gasteiger partial charge in [-0.2, -0.15) is 13.2 Å². The smallest absolute Gasteiger partial charge is 0.375 e. The van der Waals surface area contributed by atoms with E-state index in [1.165, 1.54) is 0 Å². The highest BCUT2D eigenvalue weighted by molar-refractivity contribution is 6.01. The van der Waals surface area contributed by atoms with Gasteiger partial charge in [0.05, 0.1) is 11.6 Å². The van der Waals surface area contributed by atoms with Gasteiger partial charge >= 0.3 is 6.18 Å². The van der Waals surface area contributed by atoms with Crippen LogP contribution in [0.25, 0.3) is 0 Å². The van der Waals surface area contributed by atoms with E-state index in [2.05, 4.69) is 5.32 Å². The molecule has 0 amide bonds. The van der Waals surface area contributed by atoms with E-state index in [1.807, 2.05) is 13.8 Å². The van der Waals surface area contributed by atoms with Crippen molar-refractivity contribution in [2.75, 3.05) is 0 Å². The van der Waals surface area contributed by atoms with Crippen LogP contribution in [-0.2, 0) is 4.79 Å². The molecule has 0 radical (unpaired) electrons. The highest BCUT2D eigenvalue weighted by Crippen LogP contribution is 2.38. The third-order valence-corrected chi connectivity index (χ3v) is 3.50. The van der Waals surface area contributed by atoms with Gasteiger partial charge in [-0.25, -0.2) is 4.39 Å². The number of nitrogens with one attached hydrogen (secondary N) is 2. The van der Waals surface area contributed by atoms with E-state index >= 15 is 0 Å². The maximum Gasteiger partial charge on any atom is 0.431 e. The first kappa shape index (κ1) is 16.7. The Bertz CT molecular complexity index is 405. The number of hydrogen-bond acceptors (Lipinski definition) is 3. The minimum absolute atomic E-state index is 0.0528. The monoisotopic (exact) mass is 294 g/mol. The molecular weight excluding hydrogens is 276 g/mol. The van der Waals surface area contributed by atoms with Crippen molar-refractivity contribution in [1.82, 2.24) is 5.32 Å². The summed E-state index contributed by atoms with van der Waals surface area (Å²) < 4.78 is 52.6. The molecule has 7 heteroatoms. The second kappa shape index (κ2) is 5.93. The predicted molar refractivity (Wildman–Crippen MR) is 67.4 cm³/mol. The first-order chi connectivity index (χ1) is 9.10. The summed E-state index contributed by atoms with van der Waals surface area (Å²) in [5, 5.41) is 8.94. The Morgan fingerprint density at radius 1 is 1.40 bits per heavy atom. The zero-order chi connectivity index (χ0) is 15.6. The van der Waals surface area contributed by atoms with Gasteiger partial charge in [0.25, 0.3) is 0 Å². The molecule has 1 aliphatic carbocycles. The molecule has 0 aromatic carbocycles. The number of halogens is 4. The first-order valence-electron chi connectivity index (χ1n) is 6.28. The molecule has 0 spiro atoms. The van der Waals surface area contributed by atoms with Gasteiger partial charge in [0, 0.05) is 6.21 Å². The summed E-state index contributed by atoms with van der Waals surface area (Å²) in [6, 6.07) is -0.991. The first-order valence-corrected chi connectivity index (χ1v) is 6.28. The minimum Gasteiger partial charge on any atom is -0.375 e. The molecule has 0 bridgehead atoms. The summed E-state index contributed by atoms with van der Waals surface area (Å²) in [7, 11) is 0. The number of hydrogen-bond donors (Lipinski definition) is 2. The van der Waals surface area contributed by atoms with Gasteiger partial charge < -0.3 is 10.7 Å². The summed E-state index contributed by atoms with van der Waals surface area (Å²) in [6.07, 6.45) is -4.97. The van der Waals surface area contributed by atoms with Crippen LogP contribution < -0.4 is 5.32 Å². The Morgan fingerprint density at radius 3 is 2.40 bits per heavy atom. The van der Waals surface area contributed by atoms with E-state index < -0.39 is 29.7 Å². The van der Waals surface area contributed by atoms with Crippen LogP contribution in [0.3, 0.4) is 0 Å². The fourth-order valence-electron chi connectivity index (χ4n) is 2.34. The van der Waals surface area contributed by atoms with Crippen LogP contribution in [-0.4, -0.2) is 30.9 Å². The number of carbonyl (C=O) groups excluding carboxylic acids is 1. The van der Waals surface area contributed by atoms with Gasteiger partial charge in [-0.15, -0.1) is 0 Å². The van der Waals surface area contributed by atoms with E-state index in [0.717, 1.165) is 0 Å². The third-order valence-electron chi connectivity index (χ3n) is 3.50. The van der Waals surface area contributed by atoms with Gasteiger partial charge in [-0.3, -0.25) is 4.79 Å². The normalized spacial score (nSPS) is 27.5. The predicted octanol–water partition coefficient (Wildman–Crippen LogP) is 3.16. The molecule has 1 aliphatic rings. The number of allylic oxidation sites excluding steroid dienone is 2. The lowest BCUT2D eigenvalue weighted by Crippen LogP contribution is -2.46. The van der Waals surface area contributed by atoms with Crippen molar-refractivity contribution in [3.63, 3.8) is 0 Å². The Kier molecular flexibility index (Phi) is 4.94. The lowest BCUT2D eigenvalue weighted by molar-refractivity contribution is -0.109. The molecule has 0 aliphatic heterocycles. The molecule has 20 heavy (non-hydrogen) atoms. The van der Waals surface area contributed by atoms with Crippen molar-refractivity contribution < 1.29 is 22.4 Å². The van der Waals surface area contributed by atoms with E-state index in [4.69, 9.17) is 5.41 Å². The topological polar surface area (TPSA) is 53.0 Å². The van der Waals surface area contributed by atoms with Gasteiger partial charge in [0.2, 0.25) is 0 Å². The second-order valence-corrected chi connectivity index (χ2v) is 5.76. The van der Waals surface area contributed by atoms with Crippen LogP contribution in [0.15, 0.2) is 11.3 Å². The summed E-state index contributed by atoms with van der Waals surface area (Å²) in [6.45, 7) is 3.73. The largest absolute Gasteiger partial charge is 0.431 e. The Morgan fingerprint density at radius 2 is 2.00 bits per heavy atom. The van der Waals surface area contributed by atoms with Crippen molar-refractivity contribution in [2.45, 2.75) is 51.5 Å². The number of carbonyl (C=O) groups is 1. The molecule has 0 aromatic heterocycles. The standard InChI is InChI=1S/C13H18F4N2O/c1-12(2)4-3-10(9(14)5-12)19-11(13(15,16)17)8(6-18)7-20/h6-7,9-10,18-19H,3-5H2,1-2H3/b11-8+,18-6?. The van der Waals surface area contributed by atoms with E-state index in [9.17, 15) is 22.4 Å². The van der Waals surface area contributed by atoms with Crippen LogP contribution >= 0.6 is 0 Å². The lowest BCUT2D eigenvalue weighted by atomic mass is 9.74. The average Bonchev–Trinajstić information content (AvgIpc) is 2.29. The zero-order valence-electron chi connectivity index (χ0n) is 11.4. The van der Waals surface area contributed by atoms with Crippen LogP contribution in [0, 0.1) is 10.8 Å². The van der Waals surface area contributed by atoms with Crippen molar-refractivity contribution >= 4 is 12.5 Å². The number of aldehydes is 1. The molecule has 114 valence electrons. The molecule has 2 atom stereocenters. The highest BCUT2D eigenvalue weighted by atomic mass is 19.4. The SMILES string of the molecule is CC1(C)CCC(N/C(=C(\C=N)C=O)C(F)(F)F)C(F)C1. The zero-order valence-corrected chi connectivity index (χ0v) is 11.4. The quantitative estimate of drug-likeness (QED) is 0.362. The Labute approximate surface area is 114 Å². The summed E-state index contributed by atoms with van der Waals surface area (Å²) in [4.78, 5) is 10.6. The van der Waals surface area contributed by atoms with Crippen LogP contribution in [0.1, 0.15) is 33.1 Å². The summed E-state index contributed by atoms with van der Waals surface area (Å²) >= 11 is 0. The van der Waals surface area contributed by atoms with E-state index in [1.54, 1.807) is 0 Å². The maximum absolute atomic E-state index is 14.0. The van der Waals surface area contributed by atoms with Gasteiger partial charge in [-0.05, 0) is 24.7 Å². The van der Waals surface area contributed by atoms with E-state index in [-0.39, 0.29) is 24.5 Å². The molecule has 0 heterocycles. The fraction of sp³-hybridized carbons (Fsp3) is 0.692. The Hall–Kier alpha value is -1.40. The van der Waals surface area contributed by atoms with Gasteiger partial charge in [-0.1, -0.05) is 13.8 Å². The van der Waals surface area contributed by atoms with Crippen molar-refractivity contribution in [1.29, 1.82) is 5.41 Å². The molecule has 1 fully saturated rings. The third kappa shape index (κ3) is 4.05. The molecule has 3 nitrogen and oxygen atoms in total. The van der Waals surface area contributed by atoms with Crippen molar-refractivity contribution in [3.05, 3.63) is 11.3 Å². The van der Waals surface area contributed by atoms with Gasteiger partial charge in [0.15, 0.2) is 6.29 Å². The molecule has 0 aromatic rings. The average molecular weight is 294 g/mol. The van der Waals surface area contributed by atoms with E-state index in [0.29, 0.717) is 12.6 Å². The molecule has 0 saturated heterocycles. The second-order valence-electron chi connectivity index (χ2n) is 5.76. The molecule has 2 unspecified atom stereocenters. The number of alkyl halides is 4. The summed E-state index contributed by atoms with van der Waals surface area (Å²) in [5.41, 5.74) is -2.40. The lowest BCUT2D eigenvalue weighted by Gasteiger charge is -2.38. The van der Waals surface area contributed by atoms with Crippen LogP contribution in [0.2, 0.25) is 0 Å². The van der Waals surface area contributed by atoms with Crippen LogP contribution in [0.4, 0.5) is 17.6 Å². The minimum atomic E-state index is -4.82. The number of rotatable bonds is 4. The highest BCUT2D eigenvalue weighted by Gasteiger charge is 2.41. The van der Waals surface area contributed by atoms with Gasteiger partial charge in [0.1, 0.15) is 11.9 Å². The van der Waals surface area contributed by atoms with Crippen molar-refractivity contribution in [3.8, 4) is 0 Å². The van der Waals surface area contributed by atoms with Crippen LogP contribution in [0.5, 0.6) is 0 Å². The molecule has 1 saturated carbocycles. The Balaban J connectivity index is 2.96. The van der Waals surface area contributed by atoms with Crippen molar-refractivity contribution in [2.24, 2.45) is 5.41 Å². The maximum atomic E-state index is 14.0. The molecule has 2 N–H and O–H groups in total. The summed E-state index contributed by atoms with van der Waals surface area (Å²) in [5.74, 6) is 0. The molecular formula is C13H18F4N2O. The molecule has 1 rings (SSSR count).